The number of aromatic nitrogens is 4. The molecule has 0 radical (unpaired) electrons. The van der Waals surface area contributed by atoms with Crippen molar-refractivity contribution in [3.63, 3.8) is 0 Å². The van der Waals surface area contributed by atoms with Gasteiger partial charge in [-0.25, -0.2) is 14.1 Å². The molecule has 0 amide bonds. The third kappa shape index (κ3) is 3.79. The van der Waals surface area contributed by atoms with Crippen LogP contribution in [0.3, 0.4) is 0 Å². The number of hydrogen-bond donors (Lipinski definition) is 1. The highest BCUT2D eigenvalue weighted by molar-refractivity contribution is 7.15. The highest BCUT2D eigenvalue weighted by atomic mass is 32.1. The van der Waals surface area contributed by atoms with Crippen molar-refractivity contribution < 1.29 is 9.50 Å². The second kappa shape index (κ2) is 7.38. The van der Waals surface area contributed by atoms with Crippen LogP contribution in [-0.2, 0) is 6.54 Å². The number of thiazole rings is 1. The summed E-state index contributed by atoms with van der Waals surface area (Å²) < 4.78 is 14.6. The lowest BCUT2D eigenvalue weighted by Gasteiger charge is -2.08. The summed E-state index contributed by atoms with van der Waals surface area (Å²) in [5, 5.41) is 19.7. The summed E-state index contributed by atoms with van der Waals surface area (Å²) in [4.78, 5) is 5.40. The Bertz CT molecular complexity index is 1040. The van der Waals surface area contributed by atoms with Crippen LogP contribution in [0.1, 0.15) is 16.7 Å². The van der Waals surface area contributed by atoms with Gasteiger partial charge in [0.25, 0.3) is 0 Å². The predicted octanol–water partition coefficient (Wildman–Crippen LogP) is 4.25. The fraction of sp³-hybridized carbons (Fsp3) is 0.150. The molecule has 1 unspecified atom stereocenters. The average Bonchev–Trinajstić information content (AvgIpc) is 3.30. The van der Waals surface area contributed by atoms with E-state index in [2.05, 4.69) is 15.3 Å². The van der Waals surface area contributed by atoms with Crippen LogP contribution in [0.5, 0.6) is 0 Å². The largest absolute Gasteiger partial charge is 0.386 e. The highest BCUT2D eigenvalue weighted by Gasteiger charge is 2.18. The zero-order valence-corrected chi connectivity index (χ0v) is 15.4. The minimum atomic E-state index is -0.734. The summed E-state index contributed by atoms with van der Waals surface area (Å²) in [6.07, 6.45) is 1.01. The van der Waals surface area contributed by atoms with Gasteiger partial charge >= 0.3 is 0 Å². The van der Waals surface area contributed by atoms with Crippen molar-refractivity contribution in [1.82, 2.24) is 20.0 Å². The van der Waals surface area contributed by atoms with Crippen molar-refractivity contribution in [2.24, 2.45) is 0 Å². The van der Waals surface area contributed by atoms with E-state index in [0.717, 1.165) is 26.7 Å². The lowest BCUT2D eigenvalue weighted by molar-refractivity contribution is 0.153. The molecule has 1 N–H and O–H groups in total. The summed E-state index contributed by atoms with van der Waals surface area (Å²) >= 11 is 1.48. The Labute approximate surface area is 159 Å². The molecule has 4 aromatic rings. The Morgan fingerprint density at radius 1 is 1.07 bits per heavy atom. The van der Waals surface area contributed by atoms with Crippen molar-refractivity contribution in [3.05, 3.63) is 77.2 Å². The lowest BCUT2D eigenvalue weighted by Crippen LogP contribution is -2.09. The summed E-state index contributed by atoms with van der Waals surface area (Å²) in [5.74, 6) is -0.295. The van der Waals surface area contributed by atoms with E-state index in [-0.39, 0.29) is 12.4 Å². The van der Waals surface area contributed by atoms with Crippen LogP contribution in [0.25, 0.3) is 21.8 Å². The van der Waals surface area contributed by atoms with Crippen molar-refractivity contribution >= 4 is 11.3 Å². The van der Waals surface area contributed by atoms with Crippen molar-refractivity contribution in [2.75, 3.05) is 0 Å². The van der Waals surface area contributed by atoms with Crippen LogP contribution in [0.15, 0.2) is 60.8 Å². The third-order valence-corrected chi connectivity index (χ3v) is 5.50. The maximum absolute atomic E-state index is 13.1. The lowest BCUT2D eigenvalue weighted by atomic mass is 10.2. The van der Waals surface area contributed by atoms with Crippen molar-refractivity contribution in [2.45, 2.75) is 19.6 Å². The molecule has 136 valence electrons. The molecule has 0 fully saturated rings. The van der Waals surface area contributed by atoms with E-state index >= 15 is 0 Å². The topological polar surface area (TPSA) is 63.8 Å². The number of aliphatic hydroxyl groups excluding tert-OH is 1. The van der Waals surface area contributed by atoms with E-state index < -0.39 is 6.10 Å². The standard InChI is InChI=1S/C20H17FN4OS/c1-13-19(27-20(22-13)15-5-3-2-4-6-15)18(26)12-25-11-17(23-24-25)14-7-9-16(21)10-8-14/h2-11,18,26H,12H2,1H3. The van der Waals surface area contributed by atoms with Crippen LogP contribution in [-0.4, -0.2) is 25.1 Å². The molecule has 7 heteroatoms. The number of benzene rings is 2. The number of nitrogens with zero attached hydrogens (tertiary/aromatic N) is 4. The molecular weight excluding hydrogens is 363 g/mol. The minimum Gasteiger partial charge on any atom is -0.386 e. The van der Waals surface area contributed by atoms with Crippen LogP contribution < -0.4 is 0 Å². The number of rotatable bonds is 5. The molecule has 0 aliphatic rings. The quantitative estimate of drug-likeness (QED) is 0.562. The number of hydrogen-bond acceptors (Lipinski definition) is 5. The second-order valence-electron chi connectivity index (χ2n) is 6.18. The molecule has 0 saturated heterocycles. The van der Waals surface area contributed by atoms with Gasteiger partial charge in [0, 0.05) is 11.1 Å². The first-order valence-electron chi connectivity index (χ1n) is 8.47. The van der Waals surface area contributed by atoms with Gasteiger partial charge in [-0.15, -0.1) is 16.4 Å². The summed E-state index contributed by atoms with van der Waals surface area (Å²) in [7, 11) is 0. The first-order valence-corrected chi connectivity index (χ1v) is 9.28. The van der Waals surface area contributed by atoms with E-state index in [4.69, 9.17) is 0 Å². The van der Waals surface area contributed by atoms with E-state index in [9.17, 15) is 9.50 Å². The molecule has 4 rings (SSSR count). The highest BCUT2D eigenvalue weighted by Crippen LogP contribution is 2.32. The monoisotopic (exact) mass is 380 g/mol. The van der Waals surface area contributed by atoms with Crippen molar-refractivity contribution in [3.8, 4) is 21.8 Å². The molecule has 0 aliphatic heterocycles. The minimum absolute atomic E-state index is 0.269. The molecule has 0 spiro atoms. The van der Waals surface area contributed by atoms with Gasteiger partial charge in [-0.2, -0.15) is 0 Å². The smallest absolute Gasteiger partial charge is 0.123 e. The summed E-state index contributed by atoms with van der Waals surface area (Å²) in [5.41, 5.74) is 3.25. The van der Waals surface area contributed by atoms with E-state index in [1.54, 1.807) is 23.0 Å². The van der Waals surface area contributed by atoms with Gasteiger partial charge in [0.1, 0.15) is 22.6 Å². The van der Waals surface area contributed by atoms with Gasteiger partial charge in [0.2, 0.25) is 0 Å². The molecule has 2 aromatic carbocycles. The summed E-state index contributed by atoms with van der Waals surface area (Å²) in [6, 6.07) is 16.0. The Hall–Kier alpha value is -2.90. The molecule has 0 bridgehead atoms. The van der Waals surface area contributed by atoms with E-state index in [0.29, 0.717) is 5.69 Å². The molecule has 1 atom stereocenters. The molecule has 27 heavy (non-hydrogen) atoms. The SMILES string of the molecule is Cc1nc(-c2ccccc2)sc1C(O)Cn1cc(-c2ccc(F)cc2)nn1. The molecular formula is C20H17FN4OS. The zero-order valence-electron chi connectivity index (χ0n) is 14.6. The fourth-order valence-electron chi connectivity index (χ4n) is 2.82. The van der Waals surface area contributed by atoms with Crippen LogP contribution >= 0.6 is 11.3 Å². The van der Waals surface area contributed by atoms with E-state index in [1.807, 2.05) is 37.3 Å². The fourth-order valence-corrected chi connectivity index (χ4v) is 3.87. The Kier molecular flexibility index (Phi) is 4.79. The third-order valence-electron chi connectivity index (χ3n) is 4.19. The maximum atomic E-state index is 13.1. The second-order valence-corrected chi connectivity index (χ2v) is 7.21. The molecule has 0 saturated carbocycles. The molecule has 0 aliphatic carbocycles. The van der Waals surface area contributed by atoms with Crippen molar-refractivity contribution in [1.29, 1.82) is 0 Å². The Morgan fingerprint density at radius 2 is 1.81 bits per heavy atom. The Morgan fingerprint density at radius 3 is 2.56 bits per heavy atom. The number of aryl methyl sites for hydroxylation is 1. The van der Waals surface area contributed by atoms with E-state index in [1.165, 1.54) is 23.5 Å². The molecule has 2 heterocycles. The predicted molar refractivity (Wildman–Crippen MR) is 103 cm³/mol. The van der Waals surface area contributed by atoms with Crippen LogP contribution in [0.2, 0.25) is 0 Å². The van der Waals surface area contributed by atoms with Gasteiger partial charge in [-0.1, -0.05) is 35.5 Å². The van der Waals surface area contributed by atoms with Crippen LogP contribution in [0, 0.1) is 12.7 Å². The van der Waals surface area contributed by atoms with Gasteiger partial charge in [0.15, 0.2) is 0 Å². The normalized spacial score (nSPS) is 12.3. The molecule has 5 nitrogen and oxygen atoms in total. The number of aliphatic hydroxyl groups is 1. The van der Waals surface area contributed by atoms with Gasteiger partial charge in [-0.3, -0.25) is 0 Å². The maximum Gasteiger partial charge on any atom is 0.123 e. The first kappa shape index (κ1) is 17.5. The van der Waals surface area contributed by atoms with Crippen LogP contribution in [0.4, 0.5) is 4.39 Å². The average molecular weight is 380 g/mol. The molecule has 2 aromatic heterocycles. The Balaban J connectivity index is 1.52. The zero-order chi connectivity index (χ0) is 18.8. The van der Waals surface area contributed by atoms with Gasteiger partial charge in [0.05, 0.1) is 23.3 Å². The van der Waals surface area contributed by atoms with Gasteiger partial charge in [-0.05, 0) is 31.2 Å². The number of halogens is 1. The first-order chi connectivity index (χ1) is 13.1. The summed E-state index contributed by atoms with van der Waals surface area (Å²) in [6.45, 7) is 2.16. The van der Waals surface area contributed by atoms with Gasteiger partial charge < -0.3 is 5.11 Å².